The predicted octanol–water partition coefficient (Wildman–Crippen LogP) is 7.11. The van der Waals surface area contributed by atoms with Crippen molar-refractivity contribution in [2.45, 2.75) is 30.6 Å². The van der Waals surface area contributed by atoms with E-state index in [0.717, 1.165) is 11.8 Å². The molecule has 0 aromatic heterocycles. The molecule has 29 heavy (non-hydrogen) atoms. The van der Waals surface area contributed by atoms with Gasteiger partial charge < -0.3 is 0 Å². The van der Waals surface area contributed by atoms with Crippen molar-refractivity contribution in [1.82, 2.24) is 0 Å². The van der Waals surface area contributed by atoms with Crippen molar-refractivity contribution in [3.63, 3.8) is 0 Å². The molecule has 3 aromatic rings. The lowest BCUT2D eigenvalue weighted by atomic mass is 9.83. The monoisotopic (exact) mass is 450 g/mol. The normalized spacial score (nSPS) is 13.9. The van der Waals surface area contributed by atoms with Crippen LogP contribution in [0.5, 0.6) is 0 Å². The van der Waals surface area contributed by atoms with Gasteiger partial charge in [-0.3, -0.25) is 0 Å². The molecule has 2 nitrogen and oxygen atoms in total. The molecule has 3 aromatic carbocycles. The minimum Gasteiger partial charge on any atom is -0.224 e. The van der Waals surface area contributed by atoms with Crippen molar-refractivity contribution in [3.8, 4) is 11.1 Å². The lowest BCUT2D eigenvalue weighted by Crippen LogP contribution is -2.07. The fourth-order valence-corrected chi connectivity index (χ4v) is 4.31. The zero-order chi connectivity index (χ0) is 21.3. The SMILES string of the molecule is CC(c1ccc(Cl)c(Cl)c1)C(C)c1ccc(-c2cccc(S(C)(=O)=O)c2)cc1F. The second-order valence-electron chi connectivity index (χ2n) is 7.29. The number of benzene rings is 3. The molecule has 2 atom stereocenters. The highest BCUT2D eigenvalue weighted by molar-refractivity contribution is 7.90. The van der Waals surface area contributed by atoms with Crippen molar-refractivity contribution >= 4 is 33.0 Å². The summed E-state index contributed by atoms with van der Waals surface area (Å²) in [5, 5.41) is 0.965. The van der Waals surface area contributed by atoms with Crippen LogP contribution in [0.4, 0.5) is 4.39 Å². The first-order valence-corrected chi connectivity index (χ1v) is 11.8. The van der Waals surface area contributed by atoms with Gasteiger partial charge in [-0.1, -0.05) is 67.4 Å². The maximum Gasteiger partial charge on any atom is 0.175 e. The largest absolute Gasteiger partial charge is 0.224 e. The second kappa shape index (κ2) is 8.47. The van der Waals surface area contributed by atoms with E-state index in [0.29, 0.717) is 26.7 Å². The Morgan fingerprint density at radius 3 is 2.14 bits per heavy atom. The fourth-order valence-electron chi connectivity index (χ4n) is 3.34. The number of halogens is 3. The Hall–Kier alpha value is -1.88. The van der Waals surface area contributed by atoms with Crippen LogP contribution in [0.25, 0.3) is 11.1 Å². The van der Waals surface area contributed by atoms with Crippen LogP contribution in [-0.4, -0.2) is 14.7 Å². The Kier molecular flexibility index (Phi) is 6.37. The van der Waals surface area contributed by atoms with Gasteiger partial charge in [0.2, 0.25) is 0 Å². The maximum absolute atomic E-state index is 15.0. The average Bonchev–Trinajstić information content (AvgIpc) is 2.68. The highest BCUT2D eigenvalue weighted by Gasteiger charge is 2.21. The van der Waals surface area contributed by atoms with Gasteiger partial charge in [-0.2, -0.15) is 0 Å². The Morgan fingerprint density at radius 2 is 1.52 bits per heavy atom. The van der Waals surface area contributed by atoms with E-state index < -0.39 is 9.84 Å². The molecule has 0 bridgehead atoms. The Labute approximate surface area is 181 Å². The zero-order valence-electron chi connectivity index (χ0n) is 16.3. The molecule has 0 heterocycles. The quantitative estimate of drug-likeness (QED) is 0.414. The van der Waals surface area contributed by atoms with Crippen LogP contribution in [-0.2, 0) is 9.84 Å². The van der Waals surface area contributed by atoms with Crippen molar-refractivity contribution in [1.29, 1.82) is 0 Å². The zero-order valence-corrected chi connectivity index (χ0v) is 18.6. The number of hydrogen-bond donors (Lipinski definition) is 0. The molecule has 0 N–H and O–H groups in total. The summed E-state index contributed by atoms with van der Waals surface area (Å²) in [6, 6.07) is 17.0. The Bertz CT molecular complexity index is 1160. The number of sulfone groups is 1. The summed E-state index contributed by atoms with van der Waals surface area (Å²) in [5.41, 5.74) is 2.86. The lowest BCUT2D eigenvalue weighted by molar-refractivity contribution is 0.554. The van der Waals surface area contributed by atoms with Gasteiger partial charge in [0.25, 0.3) is 0 Å². The van der Waals surface area contributed by atoms with Gasteiger partial charge in [-0.15, -0.1) is 0 Å². The highest BCUT2D eigenvalue weighted by atomic mass is 35.5. The van der Waals surface area contributed by atoms with Crippen LogP contribution in [0.3, 0.4) is 0 Å². The first kappa shape index (κ1) is 21.8. The molecular formula is C23H21Cl2FO2S. The second-order valence-corrected chi connectivity index (χ2v) is 10.1. The Balaban J connectivity index is 1.92. The Morgan fingerprint density at radius 1 is 0.828 bits per heavy atom. The molecule has 2 unspecified atom stereocenters. The lowest BCUT2D eigenvalue weighted by Gasteiger charge is -2.22. The first-order chi connectivity index (χ1) is 13.6. The third-order valence-corrected chi connectivity index (χ3v) is 7.16. The standard InChI is InChI=1S/C23H21Cl2FO2S/c1-14(16-8-10-21(24)22(25)12-16)15(2)20-9-7-18(13-23(20)26)17-5-4-6-19(11-17)29(3,27)28/h4-15H,1-3H3. The fraction of sp³-hybridized carbons (Fsp3) is 0.217. The maximum atomic E-state index is 15.0. The van der Waals surface area contributed by atoms with E-state index in [9.17, 15) is 12.8 Å². The van der Waals surface area contributed by atoms with E-state index in [1.165, 1.54) is 12.1 Å². The molecular weight excluding hydrogens is 430 g/mol. The molecule has 0 aliphatic carbocycles. The van der Waals surface area contributed by atoms with Crippen LogP contribution in [0.15, 0.2) is 65.6 Å². The van der Waals surface area contributed by atoms with Crippen LogP contribution in [0.1, 0.15) is 36.8 Å². The minimum absolute atomic E-state index is 0.0266. The van der Waals surface area contributed by atoms with E-state index in [-0.39, 0.29) is 22.5 Å². The summed E-state index contributed by atoms with van der Waals surface area (Å²) in [6.45, 7) is 3.99. The molecule has 0 aliphatic rings. The van der Waals surface area contributed by atoms with E-state index >= 15 is 0 Å². The summed E-state index contributed by atoms with van der Waals surface area (Å²) in [7, 11) is -3.33. The summed E-state index contributed by atoms with van der Waals surface area (Å²) < 4.78 is 38.6. The third kappa shape index (κ3) is 4.82. The average molecular weight is 451 g/mol. The van der Waals surface area contributed by atoms with Gasteiger partial charge in [0, 0.05) is 6.26 Å². The summed E-state index contributed by atoms with van der Waals surface area (Å²) in [4.78, 5) is 0.209. The summed E-state index contributed by atoms with van der Waals surface area (Å²) in [5.74, 6) is -0.394. The molecule has 0 saturated heterocycles. The van der Waals surface area contributed by atoms with Gasteiger partial charge in [0.05, 0.1) is 14.9 Å². The van der Waals surface area contributed by atoms with Crippen molar-refractivity contribution in [2.24, 2.45) is 0 Å². The van der Waals surface area contributed by atoms with E-state index in [1.807, 2.05) is 32.0 Å². The molecule has 152 valence electrons. The number of rotatable bonds is 5. The molecule has 3 rings (SSSR count). The molecule has 0 radical (unpaired) electrons. The van der Waals surface area contributed by atoms with Gasteiger partial charge in [-0.25, -0.2) is 12.8 Å². The molecule has 6 heteroatoms. The molecule has 0 saturated carbocycles. The third-order valence-electron chi connectivity index (χ3n) is 5.31. The minimum atomic E-state index is -3.33. The topological polar surface area (TPSA) is 34.1 Å². The summed E-state index contributed by atoms with van der Waals surface area (Å²) >= 11 is 12.1. The van der Waals surface area contributed by atoms with E-state index in [2.05, 4.69) is 0 Å². The van der Waals surface area contributed by atoms with Crippen LogP contribution >= 0.6 is 23.2 Å². The smallest absolute Gasteiger partial charge is 0.175 e. The van der Waals surface area contributed by atoms with Gasteiger partial charge in [0.1, 0.15) is 5.82 Å². The summed E-state index contributed by atoms with van der Waals surface area (Å²) in [6.07, 6.45) is 1.15. The van der Waals surface area contributed by atoms with Crippen molar-refractivity contribution in [3.05, 3.63) is 87.7 Å². The van der Waals surface area contributed by atoms with Crippen molar-refractivity contribution in [2.75, 3.05) is 6.26 Å². The van der Waals surface area contributed by atoms with Crippen LogP contribution in [0, 0.1) is 5.82 Å². The van der Waals surface area contributed by atoms with Gasteiger partial charge >= 0.3 is 0 Å². The molecule has 0 aliphatic heterocycles. The molecule has 0 fully saturated rings. The van der Waals surface area contributed by atoms with Crippen LogP contribution < -0.4 is 0 Å². The van der Waals surface area contributed by atoms with E-state index in [1.54, 1.807) is 30.3 Å². The van der Waals surface area contributed by atoms with Gasteiger partial charge in [0.15, 0.2) is 9.84 Å². The first-order valence-electron chi connectivity index (χ1n) is 9.13. The van der Waals surface area contributed by atoms with Crippen LogP contribution in [0.2, 0.25) is 10.0 Å². The highest BCUT2D eigenvalue weighted by Crippen LogP contribution is 2.37. The van der Waals surface area contributed by atoms with Gasteiger partial charge in [-0.05, 0) is 64.4 Å². The number of hydrogen-bond acceptors (Lipinski definition) is 2. The molecule has 0 amide bonds. The van der Waals surface area contributed by atoms with Crippen molar-refractivity contribution < 1.29 is 12.8 Å². The predicted molar refractivity (Wildman–Crippen MR) is 118 cm³/mol. The molecule has 0 spiro atoms. The van der Waals surface area contributed by atoms with E-state index in [4.69, 9.17) is 23.2 Å².